The third-order valence-electron chi connectivity index (χ3n) is 4.87. The molecule has 0 saturated carbocycles. The minimum atomic E-state index is -2.79. The first-order chi connectivity index (χ1) is 14.9. The standard InChI is InChI=1S/C21H19ClF2N6O/c1-3-29-11-15(22)17(27-29)12-28(2)21(31)14-10-25-30-18(19(23)24)9-16(26-20(14)30)13-7-5-4-6-8-13/h4-11,19H,3,12H2,1-2H3. The monoisotopic (exact) mass is 444 g/mol. The van der Waals surface area contributed by atoms with Crippen molar-refractivity contribution in [1.82, 2.24) is 29.3 Å². The molecule has 0 fully saturated rings. The van der Waals surface area contributed by atoms with E-state index in [1.54, 1.807) is 42.2 Å². The normalized spacial score (nSPS) is 11.4. The first-order valence-corrected chi connectivity index (χ1v) is 9.96. The Morgan fingerprint density at radius 2 is 2.00 bits per heavy atom. The summed E-state index contributed by atoms with van der Waals surface area (Å²) in [5, 5.41) is 8.79. The van der Waals surface area contributed by atoms with E-state index in [0.29, 0.717) is 28.5 Å². The van der Waals surface area contributed by atoms with E-state index in [0.717, 1.165) is 4.52 Å². The topological polar surface area (TPSA) is 68.3 Å². The lowest BCUT2D eigenvalue weighted by atomic mass is 10.1. The van der Waals surface area contributed by atoms with E-state index in [1.165, 1.54) is 17.2 Å². The fourth-order valence-electron chi connectivity index (χ4n) is 3.26. The number of aryl methyl sites for hydroxylation is 1. The van der Waals surface area contributed by atoms with E-state index < -0.39 is 12.3 Å². The van der Waals surface area contributed by atoms with Crippen LogP contribution in [0.4, 0.5) is 8.78 Å². The van der Waals surface area contributed by atoms with E-state index >= 15 is 0 Å². The quantitative estimate of drug-likeness (QED) is 0.440. The Morgan fingerprint density at radius 3 is 2.65 bits per heavy atom. The largest absolute Gasteiger partial charge is 0.336 e. The number of nitrogens with zero attached hydrogens (tertiary/aromatic N) is 6. The van der Waals surface area contributed by atoms with Crippen LogP contribution in [0.25, 0.3) is 16.9 Å². The number of hydrogen-bond acceptors (Lipinski definition) is 4. The van der Waals surface area contributed by atoms with Gasteiger partial charge in [0.25, 0.3) is 12.3 Å². The zero-order valence-electron chi connectivity index (χ0n) is 16.8. The number of hydrogen-bond donors (Lipinski definition) is 0. The maximum atomic E-state index is 13.7. The van der Waals surface area contributed by atoms with Crippen LogP contribution >= 0.6 is 11.6 Å². The van der Waals surface area contributed by atoms with E-state index in [9.17, 15) is 13.6 Å². The molecule has 3 aromatic heterocycles. The highest BCUT2D eigenvalue weighted by Gasteiger charge is 2.24. The summed E-state index contributed by atoms with van der Waals surface area (Å²) in [6.07, 6.45) is 0.159. The predicted octanol–water partition coefficient (Wildman–Crippen LogP) is 4.48. The zero-order valence-corrected chi connectivity index (χ0v) is 17.6. The van der Waals surface area contributed by atoms with Crippen molar-refractivity contribution in [3.63, 3.8) is 0 Å². The average Bonchev–Trinajstić information content (AvgIpc) is 3.36. The van der Waals surface area contributed by atoms with E-state index in [4.69, 9.17) is 11.6 Å². The van der Waals surface area contributed by atoms with Gasteiger partial charge >= 0.3 is 0 Å². The number of carbonyl (C=O) groups is 1. The summed E-state index contributed by atoms with van der Waals surface area (Å²) in [5.41, 5.74) is 1.39. The van der Waals surface area contributed by atoms with Crippen LogP contribution in [0.1, 0.15) is 35.1 Å². The first kappa shape index (κ1) is 20.9. The minimum Gasteiger partial charge on any atom is -0.336 e. The Kier molecular flexibility index (Phi) is 5.69. The fraction of sp³-hybridized carbons (Fsp3) is 0.238. The van der Waals surface area contributed by atoms with Crippen LogP contribution in [-0.4, -0.2) is 42.2 Å². The highest BCUT2D eigenvalue weighted by atomic mass is 35.5. The fourth-order valence-corrected chi connectivity index (χ4v) is 3.47. The third-order valence-corrected chi connectivity index (χ3v) is 5.18. The average molecular weight is 445 g/mol. The van der Waals surface area contributed by atoms with Gasteiger partial charge in [-0.15, -0.1) is 0 Å². The van der Waals surface area contributed by atoms with Crippen molar-refractivity contribution in [3.8, 4) is 11.3 Å². The molecule has 0 aliphatic heterocycles. The summed E-state index contributed by atoms with van der Waals surface area (Å²) in [7, 11) is 1.59. The van der Waals surface area contributed by atoms with Crippen LogP contribution in [0.3, 0.4) is 0 Å². The lowest BCUT2D eigenvalue weighted by molar-refractivity contribution is 0.0784. The maximum absolute atomic E-state index is 13.7. The Hall–Kier alpha value is -3.33. The molecule has 0 unspecified atom stereocenters. The minimum absolute atomic E-state index is 0.0682. The number of rotatable bonds is 6. The molecule has 31 heavy (non-hydrogen) atoms. The molecule has 1 aromatic carbocycles. The second-order valence-electron chi connectivity index (χ2n) is 6.97. The second kappa shape index (κ2) is 8.43. The zero-order chi connectivity index (χ0) is 22.1. The van der Waals surface area contributed by atoms with E-state index in [-0.39, 0.29) is 23.4 Å². The van der Waals surface area contributed by atoms with E-state index in [1.807, 2.05) is 13.0 Å². The number of aromatic nitrogens is 5. The molecule has 4 aromatic rings. The smallest absolute Gasteiger partial charge is 0.280 e. The molecule has 160 valence electrons. The summed E-state index contributed by atoms with van der Waals surface area (Å²) < 4.78 is 30.1. The highest BCUT2D eigenvalue weighted by molar-refractivity contribution is 6.31. The van der Waals surface area contributed by atoms with Gasteiger partial charge in [0.2, 0.25) is 0 Å². The SMILES string of the molecule is CCn1cc(Cl)c(CN(C)C(=O)c2cnn3c(C(F)F)cc(-c4ccccc4)nc23)n1. The van der Waals surface area contributed by atoms with Gasteiger partial charge in [0.1, 0.15) is 17.0 Å². The van der Waals surface area contributed by atoms with Crippen molar-refractivity contribution in [1.29, 1.82) is 0 Å². The number of carbonyl (C=O) groups excluding carboxylic acids is 1. The van der Waals surface area contributed by atoms with Gasteiger partial charge in [-0.3, -0.25) is 9.48 Å². The summed E-state index contributed by atoms with van der Waals surface area (Å²) in [6, 6.07) is 10.2. The van der Waals surface area contributed by atoms with Crippen LogP contribution in [0.5, 0.6) is 0 Å². The number of benzene rings is 1. The van der Waals surface area contributed by atoms with Crippen molar-refractivity contribution < 1.29 is 13.6 Å². The van der Waals surface area contributed by atoms with Crippen LogP contribution in [0, 0.1) is 0 Å². The highest BCUT2D eigenvalue weighted by Crippen LogP contribution is 2.27. The molecule has 7 nitrogen and oxygen atoms in total. The molecule has 0 spiro atoms. The molecule has 3 heterocycles. The van der Waals surface area contributed by atoms with Crippen molar-refractivity contribution in [2.24, 2.45) is 0 Å². The molecule has 10 heteroatoms. The van der Waals surface area contributed by atoms with Crippen LogP contribution < -0.4 is 0 Å². The van der Waals surface area contributed by atoms with Gasteiger partial charge in [-0.05, 0) is 13.0 Å². The Bertz CT molecular complexity index is 1240. The summed E-state index contributed by atoms with van der Waals surface area (Å²) in [5.74, 6) is -0.421. The molecule has 4 rings (SSSR count). The molecule has 0 atom stereocenters. The molecule has 0 bridgehead atoms. The molecule has 0 saturated heterocycles. The number of halogens is 3. The van der Waals surface area contributed by atoms with Crippen molar-refractivity contribution in [3.05, 3.63) is 70.8 Å². The van der Waals surface area contributed by atoms with E-state index in [2.05, 4.69) is 15.2 Å². The van der Waals surface area contributed by atoms with Gasteiger partial charge in [-0.2, -0.15) is 10.2 Å². The molecule has 0 N–H and O–H groups in total. The number of amides is 1. The Labute approximate surface area is 181 Å². The van der Waals surface area contributed by atoms with Crippen LogP contribution in [-0.2, 0) is 13.1 Å². The summed E-state index contributed by atoms with van der Waals surface area (Å²) >= 11 is 6.20. The van der Waals surface area contributed by atoms with Crippen LogP contribution in [0.15, 0.2) is 48.8 Å². The maximum Gasteiger partial charge on any atom is 0.280 e. The molecular weight excluding hydrogens is 426 g/mol. The van der Waals surface area contributed by atoms with Gasteiger partial charge in [0.05, 0.1) is 23.5 Å². The van der Waals surface area contributed by atoms with Gasteiger partial charge in [0.15, 0.2) is 5.65 Å². The van der Waals surface area contributed by atoms with Crippen molar-refractivity contribution in [2.75, 3.05) is 7.05 Å². The second-order valence-corrected chi connectivity index (χ2v) is 7.37. The van der Waals surface area contributed by atoms with Crippen LogP contribution in [0.2, 0.25) is 5.02 Å². The lowest BCUT2D eigenvalue weighted by Gasteiger charge is -2.15. The van der Waals surface area contributed by atoms with Gasteiger partial charge in [0, 0.05) is 25.4 Å². The third kappa shape index (κ3) is 4.00. The Morgan fingerprint density at radius 1 is 1.26 bits per heavy atom. The lowest BCUT2D eigenvalue weighted by Crippen LogP contribution is -2.26. The van der Waals surface area contributed by atoms with Crippen molar-refractivity contribution >= 4 is 23.2 Å². The molecule has 1 amide bonds. The molecular formula is C21H19ClF2N6O. The summed E-state index contributed by atoms with van der Waals surface area (Å²) in [4.78, 5) is 19.0. The molecule has 0 radical (unpaired) electrons. The molecule has 0 aliphatic rings. The first-order valence-electron chi connectivity index (χ1n) is 9.58. The molecule has 0 aliphatic carbocycles. The Balaban J connectivity index is 1.73. The van der Waals surface area contributed by atoms with Gasteiger partial charge < -0.3 is 4.90 Å². The predicted molar refractivity (Wildman–Crippen MR) is 112 cm³/mol. The van der Waals surface area contributed by atoms with Gasteiger partial charge in [-0.1, -0.05) is 41.9 Å². The number of alkyl halides is 2. The van der Waals surface area contributed by atoms with Crippen molar-refractivity contribution in [2.45, 2.75) is 26.4 Å². The number of fused-ring (bicyclic) bond motifs is 1. The van der Waals surface area contributed by atoms with Gasteiger partial charge in [-0.25, -0.2) is 18.3 Å². The summed E-state index contributed by atoms with van der Waals surface area (Å²) in [6.45, 7) is 2.73.